The molecule has 0 saturated carbocycles. The van der Waals surface area contributed by atoms with Crippen molar-refractivity contribution in [3.63, 3.8) is 0 Å². The predicted molar refractivity (Wildman–Crippen MR) is 208 cm³/mol. The normalized spacial score (nSPS) is 14.4. The minimum absolute atomic E-state index is 0.140. The van der Waals surface area contributed by atoms with Crippen molar-refractivity contribution < 1.29 is 47.5 Å². The second kappa shape index (κ2) is 35.5. The highest BCUT2D eigenvalue weighted by molar-refractivity contribution is 7.47. The lowest BCUT2D eigenvalue weighted by molar-refractivity contribution is -0.161. The Kier molecular flexibility index (Phi) is 33.7. The van der Waals surface area contributed by atoms with E-state index in [-0.39, 0.29) is 19.4 Å². The summed E-state index contributed by atoms with van der Waals surface area (Å²) < 4.78 is 32.6. The number of nitrogens with two attached hydrogens (primary N) is 1. The number of hydrogen-bond acceptors (Lipinski definition) is 9. The van der Waals surface area contributed by atoms with Gasteiger partial charge in [-0.2, -0.15) is 0 Å². The summed E-state index contributed by atoms with van der Waals surface area (Å²) in [5.41, 5.74) is 5.32. The Morgan fingerprint density at radius 1 is 0.596 bits per heavy atom. The fourth-order valence-electron chi connectivity index (χ4n) is 4.86. The number of ether oxygens (including phenoxy) is 2. The van der Waals surface area contributed by atoms with Crippen molar-refractivity contribution in [3.05, 3.63) is 48.6 Å². The van der Waals surface area contributed by atoms with E-state index in [1.807, 2.05) is 0 Å². The lowest BCUT2D eigenvalue weighted by Gasteiger charge is -2.20. The molecule has 11 nitrogen and oxygen atoms in total. The summed E-state index contributed by atoms with van der Waals surface area (Å²) in [6.07, 6.45) is 37.5. The number of carboxylic acid groups (broad SMARTS) is 1. The van der Waals surface area contributed by atoms with Crippen molar-refractivity contribution in [2.45, 2.75) is 167 Å². The van der Waals surface area contributed by atoms with E-state index in [9.17, 15) is 23.8 Å². The Hall–Kier alpha value is -2.56. The van der Waals surface area contributed by atoms with Gasteiger partial charge in [0.2, 0.25) is 0 Å². The first-order chi connectivity index (χ1) is 25.1. The summed E-state index contributed by atoms with van der Waals surface area (Å²) in [4.78, 5) is 45.8. The molecule has 0 bridgehead atoms. The van der Waals surface area contributed by atoms with Crippen molar-refractivity contribution in [3.8, 4) is 0 Å². The Bertz CT molecular complexity index is 1070. The highest BCUT2D eigenvalue weighted by atomic mass is 31.2. The molecule has 4 N–H and O–H groups in total. The first-order valence-corrected chi connectivity index (χ1v) is 21.2. The molecule has 3 atom stereocenters. The van der Waals surface area contributed by atoms with Crippen LogP contribution in [0.15, 0.2) is 48.6 Å². The lowest BCUT2D eigenvalue weighted by Crippen LogP contribution is -2.34. The Morgan fingerprint density at radius 3 is 1.50 bits per heavy atom. The van der Waals surface area contributed by atoms with Gasteiger partial charge in [0.15, 0.2) is 6.10 Å². The van der Waals surface area contributed by atoms with E-state index in [1.54, 1.807) is 0 Å². The first kappa shape index (κ1) is 49.4. The fraction of sp³-hybridized carbons (Fsp3) is 0.725. The number of unbranched alkanes of at least 4 members (excludes halogenated alkanes) is 14. The zero-order chi connectivity index (χ0) is 38.5. The van der Waals surface area contributed by atoms with E-state index >= 15 is 0 Å². The number of hydrogen-bond donors (Lipinski definition) is 3. The summed E-state index contributed by atoms with van der Waals surface area (Å²) in [5.74, 6) is -2.42. The monoisotopic (exact) mass is 755 g/mol. The topological polar surface area (TPSA) is 172 Å². The van der Waals surface area contributed by atoms with Crippen LogP contribution in [0.25, 0.3) is 0 Å². The third-order valence-electron chi connectivity index (χ3n) is 8.05. The smallest absolute Gasteiger partial charge is 0.472 e. The Labute approximate surface area is 314 Å². The van der Waals surface area contributed by atoms with Crippen LogP contribution in [-0.2, 0) is 37.5 Å². The lowest BCUT2D eigenvalue weighted by atomic mass is 10.1. The SMILES string of the molecule is CCCC/C=C/C/C=C/CCCCCCCC(=O)OC[C@H](COP(=O)(O)OC[C@H](N)C(=O)O)OC(=O)CCCCCCC/C=C/C/C=C/CCCC. The maximum Gasteiger partial charge on any atom is 0.472 e. The van der Waals surface area contributed by atoms with Gasteiger partial charge >= 0.3 is 25.7 Å². The average molecular weight is 756 g/mol. The molecule has 0 fully saturated rings. The number of allylic oxidation sites excluding steroid dienone is 8. The molecule has 12 heteroatoms. The maximum absolute atomic E-state index is 12.6. The van der Waals surface area contributed by atoms with E-state index in [4.69, 9.17) is 24.8 Å². The number of carbonyl (C=O) groups is 3. The quantitative estimate of drug-likeness (QED) is 0.0241. The van der Waals surface area contributed by atoms with Gasteiger partial charge in [-0.3, -0.25) is 23.4 Å². The molecule has 0 heterocycles. The minimum Gasteiger partial charge on any atom is -0.480 e. The van der Waals surface area contributed by atoms with Crippen molar-refractivity contribution in [1.29, 1.82) is 0 Å². The van der Waals surface area contributed by atoms with E-state index in [1.165, 1.54) is 25.7 Å². The summed E-state index contributed by atoms with van der Waals surface area (Å²) in [6, 6.07) is -1.53. The molecule has 0 radical (unpaired) electrons. The number of aliphatic carboxylic acids is 1. The number of carbonyl (C=O) groups excluding carboxylic acids is 2. The van der Waals surface area contributed by atoms with Gasteiger partial charge in [0, 0.05) is 12.8 Å². The molecule has 0 saturated heterocycles. The highest BCUT2D eigenvalue weighted by Crippen LogP contribution is 2.43. The van der Waals surface area contributed by atoms with Crippen LogP contribution < -0.4 is 5.73 Å². The van der Waals surface area contributed by atoms with Crippen LogP contribution in [0.1, 0.15) is 155 Å². The van der Waals surface area contributed by atoms with Gasteiger partial charge in [-0.15, -0.1) is 0 Å². The predicted octanol–water partition coefficient (Wildman–Crippen LogP) is 9.83. The van der Waals surface area contributed by atoms with Gasteiger partial charge in [-0.25, -0.2) is 4.57 Å². The fourth-order valence-corrected chi connectivity index (χ4v) is 5.64. The van der Waals surface area contributed by atoms with Gasteiger partial charge in [-0.05, 0) is 64.2 Å². The van der Waals surface area contributed by atoms with Gasteiger partial charge in [0.1, 0.15) is 12.6 Å². The number of carboxylic acids is 1. The third-order valence-corrected chi connectivity index (χ3v) is 9.00. The summed E-state index contributed by atoms with van der Waals surface area (Å²) in [6.45, 7) is 2.67. The van der Waals surface area contributed by atoms with Crippen LogP contribution in [0.4, 0.5) is 0 Å². The molecule has 300 valence electrons. The van der Waals surface area contributed by atoms with Crippen LogP contribution in [0.5, 0.6) is 0 Å². The van der Waals surface area contributed by atoms with Crippen LogP contribution in [0.2, 0.25) is 0 Å². The Balaban J connectivity index is 4.48. The molecule has 0 aromatic heterocycles. The second-order valence-electron chi connectivity index (χ2n) is 13.1. The second-order valence-corrected chi connectivity index (χ2v) is 14.5. The molecule has 0 aliphatic rings. The minimum atomic E-state index is -4.72. The largest absolute Gasteiger partial charge is 0.480 e. The molecule has 0 aromatic rings. The molecule has 0 amide bonds. The van der Waals surface area contributed by atoms with Crippen LogP contribution in [-0.4, -0.2) is 59.9 Å². The standard InChI is InChI=1S/C40H70NO10P/c1-3-5-7-9-11-13-15-17-19-21-23-25-27-29-31-38(42)48-33-36(34-49-52(46,47)50-35-37(41)40(44)45)51-39(43)32-30-28-26-24-22-20-18-16-14-12-10-8-6-4-2/h9-12,15-18,36-37H,3-8,13-14,19-35,41H2,1-2H3,(H,44,45)(H,46,47)/b11-9+,12-10+,17-15+,18-16+/t36-,37+/m1/s1. The highest BCUT2D eigenvalue weighted by Gasteiger charge is 2.28. The number of rotatable bonds is 36. The maximum atomic E-state index is 12.6. The molecule has 0 aliphatic carbocycles. The van der Waals surface area contributed by atoms with Crippen LogP contribution >= 0.6 is 7.82 Å². The molecular weight excluding hydrogens is 685 g/mol. The van der Waals surface area contributed by atoms with E-state index in [0.29, 0.717) is 12.8 Å². The van der Waals surface area contributed by atoms with Crippen LogP contribution in [0, 0.1) is 0 Å². The molecule has 1 unspecified atom stereocenters. The van der Waals surface area contributed by atoms with E-state index in [2.05, 4.69) is 67.0 Å². The third kappa shape index (κ3) is 34.5. The van der Waals surface area contributed by atoms with Crippen LogP contribution in [0.3, 0.4) is 0 Å². The number of esters is 2. The molecular formula is C40H70NO10P. The number of phosphoric acid groups is 1. The Morgan fingerprint density at radius 2 is 1.02 bits per heavy atom. The van der Waals surface area contributed by atoms with Crippen molar-refractivity contribution in [2.24, 2.45) is 5.73 Å². The van der Waals surface area contributed by atoms with Gasteiger partial charge in [0.05, 0.1) is 13.2 Å². The van der Waals surface area contributed by atoms with Crippen molar-refractivity contribution in [1.82, 2.24) is 0 Å². The van der Waals surface area contributed by atoms with Gasteiger partial charge < -0.3 is 25.2 Å². The van der Waals surface area contributed by atoms with Crippen molar-refractivity contribution >= 4 is 25.7 Å². The molecule has 0 aromatic carbocycles. The van der Waals surface area contributed by atoms with Crippen molar-refractivity contribution in [2.75, 3.05) is 19.8 Å². The van der Waals surface area contributed by atoms with E-state index < -0.39 is 51.1 Å². The van der Waals surface area contributed by atoms with E-state index in [0.717, 1.165) is 89.9 Å². The van der Waals surface area contributed by atoms with Gasteiger partial charge in [-0.1, -0.05) is 127 Å². The summed E-state index contributed by atoms with van der Waals surface area (Å²) >= 11 is 0. The molecule has 0 rings (SSSR count). The molecule has 0 aliphatic heterocycles. The summed E-state index contributed by atoms with van der Waals surface area (Å²) in [7, 11) is -4.72. The molecule has 0 spiro atoms. The summed E-state index contributed by atoms with van der Waals surface area (Å²) in [5, 5.41) is 8.86. The van der Waals surface area contributed by atoms with Gasteiger partial charge in [0.25, 0.3) is 0 Å². The zero-order valence-corrected chi connectivity index (χ0v) is 33.0. The first-order valence-electron chi connectivity index (χ1n) is 19.7. The average Bonchev–Trinajstić information content (AvgIpc) is 3.12. The zero-order valence-electron chi connectivity index (χ0n) is 32.1. The molecule has 52 heavy (non-hydrogen) atoms. The number of phosphoric ester groups is 1.